The van der Waals surface area contributed by atoms with Gasteiger partial charge >= 0.3 is 0 Å². The van der Waals surface area contributed by atoms with Crippen molar-refractivity contribution < 1.29 is 4.79 Å². The van der Waals surface area contributed by atoms with Gasteiger partial charge in [-0.25, -0.2) is 0 Å². The fourth-order valence-corrected chi connectivity index (χ4v) is 2.51. The molecule has 0 heterocycles. The quantitative estimate of drug-likeness (QED) is 0.782. The molecule has 0 aliphatic heterocycles. The molecule has 4 nitrogen and oxygen atoms in total. The molecule has 0 spiro atoms. The van der Waals surface area contributed by atoms with Crippen molar-refractivity contribution in [1.29, 1.82) is 0 Å². The largest absolute Gasteiger partial charge is 0.353 e. The number of carbonyl (C=O) groups is 1. The van der Waals surface area contributed by atoms with E-state index in [0.717, 1.165) is 12.1 Å². The minimum atomic E-state index is -0.998. The highest BCUT2D eigenvalue weighted by atomic mass is 35.5. The second kappa shape index (κ2) is 10.9. The van der Waals surface area contributed by atoms with Crippen LogP contribution in [0.25, 0.3) is 0 Å². The summed E-state index contributed by atoms with van der Waals surface area (Å²) in [7, 11) is 0. The SMILES string of the molecule is CC(C)N(CCNC(=O)C(C)(N)c1ccccc1)C(C)C.Cl.Cl. The normalized spacial score (nSPS) is 13.3. The van der Waals surface area contributed by atoms with Crippen molar-refractivity contribution >= 4 is 30.7 Å². The van der Waals surface area contributed by atoms with E-state index < -0.39 is 5.54 Å². The van der Waals surface area contributed by atoms with Gasteiger partial charge in [-0.3, -0.25) is 9.69 Å². The second-order valence-electron chi connectivity index (χ2n) is 6.25. The van der Waals surface area contributed by atoms with E-state index in [-0.39, 0.29) is 30.7 Å². The van der Waals surface area contributed by atoms with Crippen LogP contribution in [0.2, 0.25) is 0 Å². The maximum Gasteiger partial charge on any atom is 0.244 e. The Balaban J connectivity index is 0. The number of nitrogens with two attached hydrogens (primary N) is 1. The third-order valence-electron chi connectivity index (χ3n) is 3.83. The fourth-order valence-electron chi connectivity index (χ4n) is 2.51. The Morgan fingerprint density at radius 3 is 2.04 bits per heavy atom. The van der Waals surface area contributed by atoms with E-state index in [1.807, 2.05) is 30.3 Å². The molecule has 0 fully saturated rings. The molecule has 0 saturated carbocycles. The summed E-state index contributed by atoms with van der Waals surface area (Å²) in [5, 5.41) is 2.96. The highest BCUT2D eigenvalue weighted by Crippen LogP contribution is 2.17. The van der Waals surface area contributed by atoms with Crippen LogP contribution in [0.5, 0.6) is 0 Å². The fraction of sp³-hybridized carbons (Fsp3) is 0.588. The van der Waals surface area contributed by atoms with Crippen LogP contribution in [0.3, 0.4) is 0 Å². The summed E-state index contributed by atoms with van der Waals surface area (Å²) in [6.07, 6.45) is 0. The Labute approximate surface area is 153 Å². The zero-order valence-electron chi connectivity index (χ0n) is 14.7. The molecule has 3 N–H and O–H groups in total. The number of rotatable bonds is 7. The average Bonchev–Trinajstić information content (AvgIpc) is 2.43. The minimum Gasteiger partial charge on any atom is -0.353 e. The first kappa shape index (κ1) is 24.4. The van der Waals surface area contributed by atoms with Gasteiger partial charge in [0, 0.05) is 25.2 Å². The van der Waals surface area contributed by atoms with Crippen LogP contribution in [0, 0.1) is 0 Å². The van der Waals surface area contributed by atoms with Crippen LogP contribution in [0.15, 0.2) is 30.3 Å². The average molecular weight is 364 g/mol. The number of nitrogens with one attached hydrogen (secondary N) is 1. The summed E-state index contributed by atoms with van der Waals surface area (Å²) in [6.45, 7) is 11.8. The smallest absolute Gasteiger partial charge is 0.244 e. The number of halogens is 2. The van der Waals surface area contributed by atoms with Gasteiger partial charge in [0.25, 0.3) is 0 Å². The lowest BCUT2D eigenvalue weighted by Crippen LogP contribution is -2.51. The van der Waals surface area contributed by atoms with E-state index >= 15 is 0 Å². The lowest BCUT2D eigenvalue weighted by molar-refractivity contribution is -0.126. The standard InChI is InChI=1S/C17H29N3O.2ClH/c1-13(2)20(14(3)4)12-11-19-16(21)17(5,18)15-9-7-6-8-10-15;;/h6-10,13-14H,11-12,18H2,1-5H3,(H,19,21);2*1H. The van der Waals surface area contributed by atoms with Gasteiger partial charge in [0.1, 0.15) is 5.54 Å². The van der Waals surface area contributed by atoms with E-state index in [2.05, 4.69) is 37.9 Å². The van der Waals surface area contributed by atoms with Gasteiger partial charge in [-0.1, -0.05) is 30.3 Å². The van der Waals surface area contributed by atoms with Gasteiger partial charge in [0.2, 0.25) is 5.91 Å². The van der Waals surface area contributed by atoms with Crippen LogP contribution in [0.1, 0.15) is 40.2 Å². The molecule has 1 atom stereocenters. The number of carbonyl (C=O) groups excluding carboxylic acids is 1. The third-order valence-corrected chi connectivity index (χ3v) is 3.83. The number of nitrogens with zero attached hydrogens (tertiary/aromatic N) is 1. The molecule has 0 aliphatic carbocycles. The first-order valence-corrected chi connectivity index (χ1v) is 7.65. The van der Waals surface area contributed by atoms with E-state index in [0.29, 0.717) is 18.6 Å². The first-order valence-electron chi connectivity index (χ1n) is 7.65. The monoisotopic (exact) mass is 363 g/mol. The number of benzene rings is 1. The zero-order chi connectivity index (χ0) is 16.0. The second-order valence-corrected chi connectivity index (χ2v) is 6.25. The zero-order valence-corrected chi connectivity index (χ0v) is 16.3. The Kier molecular flexibility index (Phi) is 11.6. The summed E-state index contributed by atoms with van der Waals surface area (Å²) >= 11 is 0. The Morgan fingerprint density at radius 1 is 1.13 bits per heavy atom. The van der Waals surface area contributed by atoms with Gasteiger partial charge < -0.3 is 11.1 Å². The van der Waals surface area contributed by atoms with Crippen molar-refractivity contribution in [1.82, 2.24) is 10.2 Å². The minimum absolute atomic E-state index is 0. The van der Waals surface area contributed by atoms with Crippen LogP contribution in [0.4, 0.5) is 0 Å². The lowest BCUT2D eigenvalue weighted by atomic mass is 9.92. The number of amides is 1. The van der Waals surface area contributed by atoms with E-state index in [1.165, 1.54) is 0 Å². The molecule has 0 aromatic heterocycles. The highest BCUT2D eigenvalue weighted by molar-refractivity contribution is 5.87. The van der Waals surface area contributed by atoms with Gasteiger partial charge in [-0.05, 0) is 40.2 Å². The van der Waals surface area contributed by atoms with Gasteiger partial charge in [0.15, 0.2) is 0 Å². The van der Waals surface area contributed by atoms with E-state index in [4.69, 9.17) is 5.73 Å². The van der Waals surface area contributed by atoms with Crippen LogP contribution in [-0.4, -0.2) is 36.0 Å². The molecule has 1 aromatic rings. The predicted molar refractivity (Wildman–Crippen MR) is 102 cm³/mol. The van der Waals surface area contributed by atoms with Crippen molar-refractivity contribution in [2.24, 2.45) is 5.73 Å². The van der Waals surface area contributed by atoms with Gasteiger partial charge in [-0.15, -0.1) is 24.8 Å². The van der Waals surface area contributed by atoms with Crippen molar-refractivity contribution in [3.8, 4) is 0 Å². The molecule has 0 bridgehead atoms. The predicted octanol–water partition coefficient (Wildman–Crippen LogP) is 2.94. The van der Waals surface area contributed by atoms with Crippen molar-refractivity contribution in [2.45, 2.75) is 52.2 Å². The highest BCUT2D eigenvalue weighted by Gasteiger charge is 2.30. The molecular formula is C17H31Cl2N3O. The molecule has 134 valence electrons. The molecule has 6 heteroatoms. The number of hydrogen-bond donors (Lipinski definition) is 2. The van der Waals surface area contributed by atoms with Crippen LogP contribution in [-0.2, 0) is 10.3 Å². The molecule has 1 amide bonds. The molecule has 1 unspecified atom stereocenters. The third kappa shape index (κ3) is 7.08. The molecule has 0 aliphatic rings. The molecule has 1 aromatic carbocycles. The molecule has 0 radical (unpaired) electrons. The summed E-state index contributed by atoms with van der Waals surface area (Å²) in [5.41, 5.74) is 6.02. The van der Waals surface area contributed by atoms with E-state index in [1.54, 1.807) is 6.92 Å². The first-order chi connectivity index (χ1) is 9.76. The maximum atomic E-state index is 12.3. The summed E-state index contributed by atoms with van der Waals surface area (Å²) in [4.78, 5) is 14.7. The van der Waals surface area contributed by atoms with Crippen molar-refractivity contribution in [2.75, 3.05) is 13.1 Å². The van der Waals surface area contributed by atoms with Crippen LogP contribution >= 0.6 is 24.8 Å². The molecule has 1 rings (SSSR count). The Hall–Kier alpha value is -0.810. The Bertz CT molecular complexity index is 442. The summed E-state index contributed by atoms with van der Waals surface area (Å²) < 4.78 is 0. The topological polar surface area (TPSA) is 58.4 Å². The van der Waals surface area contributed by atoms with Crippen molar-refractivity contribution in [3.05, 3.63) is 35.9 Å². The van der Waals surface area contributed by atoms with E-state index in [9.17, 15) is 4.79 Å². The van der Waals surface area contributed by atoms with Crippen molar-refractivity contribution in [3.63, 3.8) is 0 Å². The summed E-state index contributed by atoms with van der Waals surface area (Å²) in [5.74, 6) is -0.138. The van der Waals surface area contributed by atoms with Gasteiger partial charge in [0.05, 0.1) is 0 Å². The molecule has 23 heavy (non-hydrogen) atoms. The molecular weight excluding hydrogens is 333 g/mol. The summed E-state index contributed by atoms with van der Waals surface area (Å²) in [6, 6.07) is 10.4. The molecule has 0 saturated heterocycles. The Morgan fingerprint density at radius 2 is 1.61 bits per heavy atom. The maximum absolute atomic E-state index is 12.3. The number of hydrogen-bond acceptors (Lipinski definition) is 3. The van der Waals surface area contributed by atoms with Gasteiger partial charge in [-0.2, -0.15) is 0 Å². The lowest BCUT2D eigenvalue weighted by Gasteiger charge is -2.31. The van der Waals surface area contributed by atoms with Crippen LogP contribution < -0.4 is 11.1 Å².